The van der Waals surface area contributed by atoms with E-state index in [4.69, 9.17) is 20.8 Å². The molecule has 0 saturated carbocycles. The van der Waals surface area contributed by atoms with Gasteiger partial charge in [0.1, 0.15) is 11.8 Å². The Balaban J connectivity index is 3.00. The lowest BCUT2D eigenvalue weighted by atomic mass is 9.93. The van der Waals surface area contributed by atoms with Crippen molar-refractivity contribution in [2.75, 3.05) is 7.11 Å². The van der Waals surface area contributed by atoms with Crippen molar-refractivity contribution in [1.29, 1.82) is 0 Å². The van der Waals surface area contributed by atoms with Crippen LogP contribution in [0.5, 0.6) is 5.75 Å². The van der Waals surface area contributed by atoms with E-state index in [2.05, 4.69) is 5.16 Å². The number of methoxy groups -OCH3 is 1. The topological polar surface area (TPSA) is 105 Å². The Kier molecular flexibility index (Phi) is 4.47. The van der Waals surface area contributed by atoms with Crippen molar-refractivity contribution in [3.05, 3.63) is 29.8 Å². The number of carbonyl (C=O) groups is 1. The van der Waals surface area contributed by atoms with E-state index < -0.39 is 17.9 Å². The number of nitrogens with two attached hydrogens (primary N) is 1. The molecule has 0 heterocycles. The summed E-state index contributed by atoms with van der Waals surface area (Å²) in [5, 5.41) is 20.2. The fourth-order valence-electron chi connectivity index (χ4n) is 1.44. The van der Waals surface area contributed by atoms with Crippen LogP contribution in [-0.4, -0.2) is 35.6 Å². The third-order valence-corrected chi connectivity index (χ3v) is 2.40. The Morgan fingerprint density at radius 1 is 1.47 bits per heavy atom. The summed E-state index contributed by atoms with van der Waals surface area (Å²) in [6.45, 7) is 0. The van der Waals surface area contributed by atoms with Crippen molar-refractivity contribution in [2.24, 2.45) is 10.9 Å². The molecule has 0 saturated heterocycles. The molecule has 0 aliphatic carbocycles. The van der Waals surface area contributed by atoms with Crippen LogP contribution in [0.2, 0.25) is 0 Å². The van der Waals surface area contributed by atoms with Gasteiger partial charge in [0.2, 0.25) is 0 Å². The van der Waals surface area contributed by atoms with Gasteiger partial charge < -0.3 is 20.8 Å². The van der Waals surface area contributed by atoms with Crippen LogP contribution in [0.15, 0.2) is 29.4 Å². The van der Waals surface area contributed by atoms with E-state index in [1.165, 1.54) is 7.11 Å². The minimum atomic E-state index is -1.17. The molecule has 6 heteroatoms. The normalized spacial score (nSPS) is 14.5. The fourth-order valence-corrected chi connectivity index (χ4v) is 1.44. The van der Waals surface area contributed by atoms with Gasteiger partial charge in [0.05, 0.1) is 13.3 Å². The molecule has 0 bridgehead atoms. The maximum absolute atomic E-state index is 10.8. The van der Waals surface area contributed by atoms with Crippen molar-refractivity contribution >= 4 is 12.2 Å². The largest absolute Gasteiger partial charge is 0.497 e. The summed E-state index contributed by atoms with van der Waals surface area (Å²) in [4.78, 5) is 10.8. The van der Waals surface area contributed by atoms with Crippen LogP contribution in [0, 0.1) is 0 Å². The Morgan fingerprint density at radius 2 is 2.06 bits per heavy atom. The first-order valence-electron chi connectivity index (χ1n) is 4.90. The lowest BCUT2D eigenvalue weighted by molar-refractivity contribution is -0.138. The molecule has 0 amide bonds. The number of oxime groups is 1. The van der Waals surface area contributed by atoms with Crippen LogP contribution >= 0.6 is 0 Å². The second-order valence-electron chi connectivity index (χ2n) is 3.43. The zero-order chi connectivity index (χ0) is 12.8. The van der Waals surface area contributed by atoms with Crippen LogP contribution in [0.4, 0.5) is 0 Å². The lowest BCUT2D eigenvalue weighted by Crippen LogP contribution is -2.37. The third-order valence-electron chi connectivity index (χ3n) is 2.40. The van der Waals surface area contributed by atoms with Crippen molar-refractivity contribution in [3.63, 3.8) is 0 Å². The zero-order valence-electron chi connectivity index (χ0n) is 9.28. The van der Waals surface area contributed by atoms with Crippen LogP contribution in [-0.2, 0) is 4.79 Å². The summed E-state index contributed by atoms with van der Waals surface area (Å²) in [6.07, 6.45) is 1.10. The molecule has 92 valence electrons. The van der Waals surface area contributed by atoms with Gasteiger partial charge in [0, 0.05) is 5.92 Å². The summed E-state index contributed by atoms with van der Waals surface area (Å²) in [5.41, 5.74) is 6.15. The van der Waals surface area contributed by atoms with Crippen LogP contribution in [0.25, 0.3) is 0 Å². The smallest absolute Gasteiger partial charge is 0.321 e. The quantitative estimate of drug-likeness (QED) is 0.397. The Labute approximate surface area is 98.3 Å². The van der Waals surface area contributed by atoms with Crippen molar-refractivity contribution in [1.82, 2.24) is 0 Å². The predicted octanol–water partition coefficient (Wildman–Crippen LogP) is 0.651. The molecule has 1 aromatic rings. The average molecular weight is 238 g/mol. The molecule has 0 spiro atoms. The first kappa shape index (κ1) is 13.0. The molecule has 4 N–H and O–H groups in total. The van der Waals surface area contributed by atoms with Gasteiger partial charge in [-0.25, -0.2) is 0 Å². The lowest BCUT2D eigenvalue weighted by Gasteiger charge is -2.16. The number of carboxylic acids is 1. The number of benzene rings is 1. The first-order chi connectivity index (χ1) is 8.10. The van der Waals surface area contributed by atoms with Crippen LogP contribution in [0.3, 0.4) is 0 Å². The maximum Gasteiger partial charge on any atom is 0.321 e. The molecule has 0 radical (unpaired) electrons. The van der Waals surface area contributed by atoms with E-state index in [0.717, 1.165) is 6.21 Å². The van der Waals surface area contributed by atoms with Gasteiger partial charge >= 0.3 is 5.97 Å². The van der Waals surface area contributed by atoms with Gasteiger partial charge in [0.15, 0.2) is 0 Å². The number of nitrogens with zero attached hydrogens (tertiary/aromatic N) is 1. The molecule has 6 nitrogen and oxygen atoms in total. The third kappa shape index (κ3) is 3.18. The molecular formula is C11H14N2O4. The van der Waals surface area contributed by atoms with E-state index in [0.29, 0.717) is 11.3 Å². The van der Waals surface area contributed by atoms with Crippen molar-refractivity contribution in [3.8, 4) is 5.75 Å². The first-order valence-corrected chi connectivity index (χ1v) is 4.90. The van der Waals surface area contributed by atoms with Crippen molar-refractivity contribution < 1.29 is 19.8 Å². The molecule has 17 heavy (non-hydrogen) atoms. The molecule has 1 aromatic carbocycles. The molecule has 0 aliphatic rings. The van der Waals surface area contributed by atoms with Crippen LogP contribution in [0.1, 0.15) is 11.5 Å². The van der Waals surface area contributed by atoms with E-state index in [1.54, 1.807) is 24.3 Å². The number of ether oxygens (including phenoxy) is 1. The Bertz CT molecular complexity index is 402. The molecule has 0 fully saturated rings. The van der Waals surface area contributed by atoms with Gasteiger partial charge in [-0.15, -0.1) is 5.16 Å². The molecule has 0 aromatic heterocycles. The average Bonchev–Trinajstić information content (AvgIpc) is 2.35. The fraction of sp³-hybridized carbons (Fsp3) is 0.273. The molecule has 1 unspecified atom stereocenters. The maximum atomic E-state index is 10.8. The second kappa shape index (κ2) is 5.86. The molecule has 0 aliphatic heterocycles. The highest BCUT2D eigenvalue weighted by atomic mass is 16.5. The van der Waals surface area contributed by atoms with E-state index >= 15 is 0 Å². The highest BCUT2D eigenvalue weighted by molar-refractivity contribution is 5.82. The van der Waals surface area contributed by atoms with Gasteiger partial charge in [-0.1, -0.05) is 12.1 Å². The molecule has 1 rings (SSSR count). The second-order valence-corrected chi connectivity index (χ2v) is 3.43. The van der Waals surface area contributed by atoms with Gasteiger partial charge in [0.25, 0.3) is 0 Å². The highest BCUT2D eigenvalue weighted by Gasteiger charge is 2.24. The summed E-state index contributed by atoms with van der Waals surface area (Å²) in [7, 11) is 1.53. The van der Waals surface area contributed by atoms with E-state index in [1.807, 2.05) is 0 Å². The highest BCUT2D eigenvalue weighted by Crippen LogP contribution is 2.20. The minimum Gasteiger partial charge on any atom is -0.497 e. The Hall–Kier alpha value is -2.08. The number of aliphatic carboxylic acids is 1. The van der Waals surface area contributed by atoms with E-state index in [9.17, 15) is 4.79 Å². The zero-order valence-corrected chi connectivity index (χ0v) is 9.28. The van der Waals surface area contributed by atoms with Gasteiger partial charge in [-0.05, 0) is 17.7 Å². The number of hydrogen-bond donors (Lipinski definition) is 3. The summed E-state index contributed by atoms with van der Waals surface area (Å²) in [5.74, 6) is -1.20. The summed E-state index contributed by atoms with van der Waals surface area (Å²) >= 11 is 0. The summed E-state index contributed by atoms with van der Waals surface area (Å²) in [6, 6.07) is 5.55. The monoisotopic (exact) mass is 238 g/mol. The predicted molar refractivity (Wildman–Crippen MR) is 61.6 cm³/mol. The van der Waals surface area contributed by atoms with Crippen LogP contribution < -0.4 is 10.5 Å². The standard InChI is InChI=1S/C11H14N2O4/c1-17-8-4-2-7(3-5-8)9(6-13-16)10(12)11(14)15/h2-6,9-10,16H,12H2,1H3,(H,14,15)/b13-6+/t9?,10-/m0/s1. The van der Waals surface area contributed by atoms with Gasteiger partial charge in [-0.2, -0.15) is 0 Å². The van der Waals surface area contributed by atoms with Gasteiger partial charge in [-0.3, -0.25) is 4.79 Å². The number of rotatable bonds is 5. The number of carboxylic acid groups (broad SMARTS) is 1. The Morgan fingerprint density at radius 3 is 2.47 bits per heavy atom. The summed E-state index contributed by atoms with van der Waals surface area (Å²) < 4.78 is 4.99. The van der Waals surface area contributed by atoms with E-state index in [-0.39, 0.29) is 0 Å². The molecular weight excluding hydrogens is 224 g/mol. The SMILES string of the molecule is COc1ccc(C(/C=N/O)[C@H](N)C(=O)O)cc1. The number of hydrogen-bond acceptors (Lipinski definition) is 5. The minimum absolute atomic E-state index is 0.638. The molecule has 2 atom stereocenters. The van der Waals surface area contributed by atoms with Crippen molar-refractivity contribution in [2.45, 2.75) is 12.0 Å².